The van der Waals surface area contributed by atoms with Crippen LogP contribution in [-0.4, -0.2) is 16.0 Å². The number of amides is 1. The Morgan fingerprint density at radius 3 is 2.37 bits per heavy atom. The maximum absolute atomic E-state index is 14.4. The lowest BCUT2D eigenvalue weighted by molar-refractivity contribution is -0.115. The number of rotatable bonds is 5. The van der Waals surface area contributed by atoms with Crippen molar-refractivity contribution in [3.63, 3.8) is 0 Å². The third kappa shape index (κ3) is 3.92. The van der Waals surface area contributed by atoms with Crippen LogP contribution in [0.15, 0.2) is 71.5 Å². The van der Waals surface area contributed by atoms with Crippen molar-refractivity contribution < 1.29 is 18.1 Å². The molecule has 0 spiro atoms. The number of carbonyl (C=O) groups excluding carboxylic acids is 1. The molecule has 4 rings (SSSR count). The predicted molar refractivity (Wildman–Crippen MR) is 109 cm³/mol. The molecule has 0 aliphatic rings. The number of nitrogens with zero attached hydrogens (tertiary/aromatic N) is 2. The number of hydrogen-bond acceptors (Lipinski definition) is 4. The molecule has 1 amide bonds. The summed E-state index contributed by atoms with van der Waals surface area (Å²) in [6.45, 7) is 0. The van der Waals surface area contributed by atoms with Crippen LogP contribution in [0.25, 0.3) is 22.4 Å². The first kappa shape index (κ1) is 19.7. The van der Waals surface area contributed by atoms with Crippen molar-refractivity contribution in [2.24, 2.45) is 0 Å². The molecular weight excluding hydrogens is 412 g/mol. The molecule has 1 N–H and O–H groups in total. The minimum absolute atomic E-state index is 0.0143. The van der Waals surface area contributed by atoms with Crippen molar-refractivity contribution in [3.05, 3.63) is 89.2 Å². The van der Waals surface area contributed by atoms with E-state index in [1.54, 1.807) is 36.4 Å². The number of pyridine rings is 1. The van der Waals surface area contributed by atoms with Crippen molar-refractivity contribution in [2.45, 2.75) is 6.42 Å². The first-order valence-electron chi connectivity index (χ1n) is 8.92. The smallest absolute Gasteiger partial charge is 0.239 e. The van der Waals surface area contributed by atoms with E-state index >= 15 is 0 Å². The van der Waals surface area contributed by atoms with Crippen LogP contribution in [0.1, 0.15) is 5.56 Å². The summed E-state index contributed by atoms with van der Waals surface area (Å²) in [5.74, 6) is -2.05. The average Bonchev–Trinajstić information content (AvgIpc) is 3.13. The van der Waals surface area contributed by atoms with Gasteiger partial charge in [0.15, 0.2) is 0 Å². The SMILES string of the molecule is O=C(Cc1ccccc1Cl)Nc1onc(-c2c(F)cccc2F)c1-c1ccncc1. The summed E-state index contributed by atoms with van der Waals surface area (Å²) in [6, 6.07) is 13.7. The lowest BCUT2D eigenvalue weighted by Crippen LogP contribution is -2.14. The molecule has 0 unspecified atom stereocenters. The van der Waals surface area contributed by atoms with Gasteiger partial charge in [-0.2, -0.15) is 0 Å². The van der Waals surface area contributed by atoms with E-state index < -0.39 is 17.5 Å². The number of aromatic nitrogens is 2. The summed E-state index contributed by atoms with van der Waals surface area (Å²) in [4.78, 5) is 16.5. The molecule has 0 saturated heterocycles. The lowest BCUT2D eigenvalue weighted by Gasteiger charge is -2.08. The van der Waals surface area contributed by atoms with Crippen LogP contribution in [0.3, 0.4) is 0 Å². The Balaban J connectivity index is 1.75. The average molecular weight is 426 g/mol. The van der Waals surface area contributed by atoms with Crippen LogP contribution in [-0.2, 0) is 11.2 Å². The topological polar surface area (TPSA) is 68.0 Å². The van der Waals surface area contributed by atoms with Crippen molar-refractivity contribution >= 4 is 23.4 Å². The van der Waals surface area contributed by atoms with Gasteiger partial charge in [0.05, 0.1) is 17.5 Å². The number of benzene rings is 2. The Morgan fingerprint density at radius 1 is 0.967 bits per heavy atom. The fourth-order valence-electron chi connectivity index (χ4n) is 3.04. The Kier molecular flexibility index (Phi) is 5.54. The van der Waals surface area contributed by atoms with Crippen LogP contribution < -0.4 is 5.32 Å². The highest BCUT2D eigenvalue weighted by Gasteiger charge is 2.25. The number of carbonyl (C=O) groups is 1. The molecule has 0 bridgehead atoms. The molecule has 0 atom stereocenters. The van der Waals surface area contributed by atoms with Crippen molar-refractivity contribution in [2.75, 3.05) is 5.32 Å². The fraction of sp³-hybridized carbons (Fsp3) is 0.0455. The predicted octanol–water partition coefficient (Wildman–Crippen LogP) is 5.52. The number of nitrogens with one attached hydrogen (secondary N) is 1. The first-order valence-corrected chi connectivity index (χ1v) is 9.30. The molecule has 8 heteroatoms. The van der Waals surface area contributed by atoms with Crippen LogP contribution in [0.5, 0.6) is 0 Å². The van der Waals surface area contributed by atoms with Crippen molar-refractivity contribution in [1.82, 2.24) is 10.1 Å². The van der Waals surface area contributed by atoms with Gasteiger partial charge in [0, 0.05) is 17.4 Å². The molecule has 30 heavy (non-hydrogen) atoms. The second kappa shape index (κ2) is 8.42. The maximum atomic E-state index is 14.4. The zero-order chi connectivity index (χ0) is 21.1. The van der Waals surface area contributed by atoms with Gasteiger partial charge >= 0.3 is 0 Å². The standard InChI is InChI=1S/C22H14ClF2N3O2/c23-15-5-2-1-4-14(15)12-18(29)27-22-19(13-8-10-26-11-9-13)21(28-30-22)20-16(24)6-3-7-17(20)25/h1-11H,12H2,(H,27,29). The lowest BCUT2D eigenvalue weighted by atomic mass is 10.0. The van der Waals surface area contributed by atoms with Gasteiger partial charge in [-0.15, -0.1) is 0 Å². The zero-order valence-corrected chi connectivity index (χ0v) is 16.2. The molecule has 4 aromatic rings. The molecule has 2 heterocycles. The van der Waals surface area contributed by atoms with Crippen LogP contribution in [0.4, 0.5) is 14.7 Å². The van der Waals surface area contributed by atoms with Crippen molar-refractivity contribution in [3.8, 4) is 22.4 Å². The van der Waals surface area contributed by atoms with E-state index in [-0.39, 0.29) is 29.1 Å². The molecular formula is C22H14ClF2N3O2. The quantitative estimate of drug-likeness (QED) is 0.457. The van der Waals surface area contributed by atoms with Gasteiger partial charge < -0.3 is 4.52 Å². The molecule has 0 radical (unpaired) electrons. The molecule has 0 saturated carbocycles. The van der Waals surface area contributed by atoms with Gasteiger partial charge in [-0.3, -0.25) is 15.1 Å². The van der Waals surface area contributed by atoms with Gasteiger partial charge in [0.25, 0.3) is 0 Å². The highest BCUT2D eigenvalue weighted by Crippen LogP contribution is 2.39. The molecule has 150 valence electrons. The van der Waals surface area contributed by atoms with Crippen LogP contribution >= 0.6 is 11.6 Å². The second-order valence-corrected chi connectivity index (χ2v) is 6.79. The van der Waals surface area contributed by atoms with E-state index in [4.69, 9.17) is 16.1 Å². The van der Waals surface area contributed by atoms with E-state index in [9.17, 15) is 13.6 Å². The van der Waals surface area contributed by atoms with Gasteiger partial charge in [-0.05, 0) is 41.5 Å². The van der Waals surface area contributed by atoms with Crippen molar-refractivity contribution in [1.29, 1.82) is 0 Å². The minimum atomic E-state index is -0.799. The van der Waals surface area contributed by atoms with E-state index in [0.717, 1.165) is 12.1 Å². The first-order chi connectivity index (χ1) is 14.5. The minimum Gasteiger partial charge on any atom is -0.337 e. The number of halogens is 3. The second-order valence-electron chi connectivity index (χ2n) is 6.38. The Bertz CT molecular complexity index is 1190. The molecule has 0 fully saturated rings. The van der Waals surface area contributed by atoms with Crippen LogP contribution in [0.2, 0.25) is 5.02 Å². The highest BCUT2D eigenvalue weighted by atomic mass is 35.5. The fourth-order valence-corrected chi connectivity index (χ4v) is 3.24. The third-order valence-electron chi connectivity index (χ3n) is 4.42. The Morgan fingerprint density at radius 2 is 1.67 bits per heavy atom. The molecule has 5 nitrogen and oxygen atoms in total. The number of anilines is 1. The molecule has 2 aromatic heterocycles. The van der Waals surface area contributed by atoms with Gasteiger partial charge in [0.1, 0.15) is 17.3 Å². The summed E-state index contributed by atoms with van der Waals surface area (Å²) in [7, 11) is 0. The van der Waals surface area contributed by atoms with E-state index in [1.165, 1.54) is 18.5 Å². The monoisotopic (exact) mass is 425 g/mol. The number of hydrogen-bond donors (Lipinski definition) is 1. The van der Waals surface area contributed by atoms with E-state index in [1.807, 2.05) is 0 Å². The Hall–Kier alpha value is -3.58. The summed E-state index contributed by atoms with van der Waals surface area (Å²) in [5.41, 5.74) is 0.984. The van der Waals surface area contributed by atoms with E-state index in [0.29, 0.717) is 16.1 Å². The van der Waals surface area contributed by atoms with Gasteiger partial charge in [0.2, 0.25) is 11.8 Å². The maximum Gasteiger partial charge on any atom is 0.239 e. The molecule has 0 aliphatic heterocycles. The van der Waals surface area contributed by atoms with Gasteiger partial charge in [-0.25, -0.2) is 8.78 Å². The summed E-state index contributed by atoms with van der Waals surface area (Å²) >= 11 is 6.11. The normalized spacial score (nSPS) is 10.8. The van der Waals surface area contributed by atoms with Crippen LogP contribution in [0, 0.1) is 11.6 Å². The third-order valence-corrected chi connectivity index (χ3v) is 4.79. The largest absolute Gasteiger partial charge is 0.337 e. The molecule has 2 aromatic carbocycles. The molecule has 0 aliphatic carbocycles. The Labute approximate surface area is 175 Å². The highest BCUT2D eigenvalue weighted by molar-refractivity contribution is 6.31. The summed E-state index contributed by atoms with van der Waals surface area (Å²) < 4.78 is 34.1. The zero-order valence-electron chi connectivity index (χ0n) is 15.4. The van der Waals surface area contributed by atoms with E-state index in [2.05, 4.69) is 15.5 Å². The summed E-state index contributed by atoms with van der Waals surface area (Å²) in [5, 5.41) is 6.92. The summed E-state index contributed by atoms with van der Waals surface area (Å²) in [6.07, 6.45) is 3.01. The van der Waals surface area contributed by atoms with Gasteiger partial charge in [-0.1, -0.05) is 41.0 Å².